The fourth-order valence-corrected chi connectivity index (χ4v) is 5.06. The van der Waals surface area contributed by atoms with Crippen molar-refractivity contribution in [2.24, 2.45) is 0 Å². The first-order valence-electron chi connectivity index (χ1n) is 5.49. The highest BCUT2D eigenvalue weighted by Gasteiger charge is 2.18. The molecule has 0 aliphatic heterocycles. The zero-order chi connectivity index (χ0) is 14.0. The van der Waals surface area contributed by atoms with E-state index in [0.29, 0.717) is 13.1 Å². The molecule has 2 aromatic heterocycles. The number of amides is 1. The average Bonchev–Trinajstić information content (AvgIpc) is 2.93. The Balaban J connectivity index is 2.15. The molecule has 0 bridgehead atoms. The predicted molar refractivity (Wildman–Crippen MR) is 92.2 cm³/mol. The predicted octanol–water partition coefficient (Wildman–Crippen LogP) is 5.76. The molecule has 2 heterocycles. The smallest absolute Gasteiger partial charge is 0.264 e. The van der Waals surface area contributed by atoms with Crippen molar-refractivity contribution in [3.63, 3.8) is 0 Å². The second kappa shape index (κ2) is 6.85. The molecule has 2 rings (SSSR count). The van der Waals surface area contributed by atoms with Gasteiger partial charge in [-0.25, -0.2) is 0 Å². The molecule has 19 heavy (non-hydrogen) atoms. The fraction of sp³-hybridized carbons (Fsp3) is 0.250. The van der Waals surface area contributed by atoms with Crippen LogP contribution < -0.4 is 0 Å². The van der Waals surface area contributed by atoms with Crippen molar-refractivity contribution in [1.82, 2.24) is 4.90 Å². The molecule has 1 amide bonds. The lowest BCUT2D eigenvalue weighted by molar-refractivity contribution is 0.0759. The summed E-state index contributed by atoms with van der Waals surface area (Å²) in [6.45, 7) is 3.35. The first-order chi connectivity index (χ1) is 9.01. The Morgan fingerprint density at radius 2 is 2.00 bits per heavy atom. The maximum absolute atomic E-state index is 12.4. The van der Waals surface area contributed by atoms with Crippen molar-refractivity contribution in [2.45, 2.75) is 13.5 Å². The number of hydrogen-bond acceptors (Lipinski definition) is 3. The van der Waals surface area contributed by atoms with Gasteiger partial charge in [-0.1, -0.05) is 0 Å². The van der Waals surface area contributed by atoms with Crippen LogP contribution in [-0.2, 0) is 6.54 Å². The first kappa shape index (κ1) is 15.7. The molecule has 0 aliphatic carbocycles. The number of carbonyl (C=O) groups is 1. The van der Waals surface area contributed by atoms with E-state index in [0.717, 1.165) is 16.9 Å². The Labute approximate surface area is 145 Å². The monoisotopic (exact) mass is 485 g/mol. The standard InChI is InChI=1S/C12H10Br3NOS2/c1-2-16(6-7-3-4-10(14)18-7)12(17)9-5-8(13)11(15)19-9/h3-5H,2,6H2,1H3. The maximum Gasteiger partial charge on any atom is 0.264 e. The SMILES string of the molecule is CCN(Cc1ccc(Br)s1)C(=O)c1cc(Br)c(Br)s1. The summed E-state index contributed by atoms with van der Waals surface area (Å²) in [4.78, 5) is 16.2. The molecule has 0 saturated heterocycles. The van der Waals surface area contributed by atoms with Crippen LogP contribution in [0.25, 0.3) is 0 Å². The van der Waals surface area contributed by atoms with Crippen molar-refractivity contribution in [3.8, 4) is 0 Å². The third-order valence-electron chi connectivity index (χ3n) is 2.50. The van der Waals surface area contributed by atoms with Gasteiger partial charge in [0, 0.05) is 15.9 Å². The number of rotatable bonds is 4. The van der Waals surface area contributed by atoms with E-state index in [1.807, 2.05) is 30.0 Å². The molecule has 0 spiro atoms. The summed E-state index contributed by atoms with van der Waals surface area (Å²) < 4.78 is 2.97. The molecule has 2 aromatic rings. The fourth-order valence-electron chi connectivity index (χ4n) is 1.56. The molecule has 2 nitrogen and oxygen atoms in total. The lowest BCUT2D eigenvalue weighted by atomic mass is 10.3. The van der Waals surface area contributed by atoms with Gasteiger partial charge < -0.3 is 4.90 Å². The van der Waals surface area contributed by atoms with Crippen LogP contribution >= 0.6 is 70.5 Å². The molecular formula is C12H10Br3NOS2. The summed E-state index contributed by atoms with van der Waals surface area (Å²) in [5.74, 6) is 0.0726. The highest BCUT2D eigenvalue weighted by atomic mass is 79.9. The number of carbonyl (C=O) groups excluding carboxylic acids is 1. The van der Waals surface area contributed by atoms with Gasteiger partial charge in [0.1, 0.15) is 0 Å². The topological polar surface area (TPSA) is 20.3 Å². The van der Waals surface area contributed by atoms with Gasteiger partial charge in [0.15, 0.2) is 0 Å². The van der Waals surface area contributed by atoms with Crippen LogP contribution in [0.5, 0.6) is 0 Å². The van der Waals surface area contributed by atoms with Crippen molar-refractivity contribution >= 4 is 76.4 Å². The summed E-state index contributed by atoms with van der Waals surface area (Å²) in [5, 5.41) is 0. The molecule has 0 fully saturated rings. The summed E-state index contributed by atoms with van der Waals surface area (Å²) in [6, 6.07) is 5.92. The van der Waals surface area contributed by atoms with Crippen LogP contribution in [0.15, 0.2) is 30.2 Å². The number of hydrogen-bond donors (Lipinski definition) is 0. The highest BCUT2D eigenvalue weighted by Crippen LogP contribution is 2.33. The Kier molecular flexibility index (Phi) is 5.65. The summed E-state index contributed by atoms with van der Waals surface area (Å²) in [5.41, 5.74) is 0. The van der Waals surface area contributed by atoms with Gasteiger partial charge in [0.25, 0.3) is 5.91 Å². The van der Waals surface area contributed by atoms with Crippen molar-refractivity contribution in [3.05, 3.63) is 40.0 Å². The lowest BCUT2D eigenvalue weighted by Crippen LogP contribution is -2.29. The van der Waals surface area contributed by atoms with Crippen LogP contribution in [-0.4, -0.2) is 17.4 Å². The van der Waals surface area contributed by atoms with E-state index in [9.17, 15) is 4.79 Å². The number of halogens is 3. The third-order valence-corrected chi connectivity index (χ3v) is 7.35. The molecule has 0 radical (unpaired) electrons. The lowest BCUT2D eigenvalue weighted by Gasteiger charge is -2.19. The Hall–Kier alpha value is 0.310. The molecule has 0 unspecified atom stereocenters. The minimum atomic E-state index is 0.0726. The highest BCUT2D eigenvalue weighted by molar-refractivity contribution is 9.13. The van der Waals surface area contributed by atoms with Crippen LogP contribution in [0.3, 0.4) is 0 Å². The van der Waals surface area contributed by atoms with Crippen LogP contribution in [0.1, 0.15) is 21.5 Å². The van der Waals surface area contributed by atoms with E-state index < -0.39 is 0 Å². The van der Waals surface area contributed by atoms with Crippen molar-refractivity contribution in [1.29, 1.82) is 0 Å². The van der Waals surface area contributed by atoms with E-state index >= 15 is 0 Å². The van der Waals surface area contributed by atoms with E-state index in [2.05, 4.69) is 47.8 Å². The Bertz CT molecular complexity index is 574. The van der Waals surface area contributed by atoms with E-state index in [-0.39, 0.29) is 5.91 Å². The van der Waals surface area contributed by atoms with Crippen molar-refractivity contribution < 1.29 is 4.79 Å². The minimum Gasteiger partial charge on any atom is -0.333 e. The largest absolute Gasteiger partial charge is 0.333 e. The number of nitrogens with zero attached hydrogens (tertiary/aromatic N) is 1. The Morgan fingerprint density at radius 3 is 2.47 bits per heavy atom. The van der Waals surface area contributed by atoms with E-state index in [1.54, 1.807) is 11.3 Å². The Morgan fingerprint density at radius 1 is 1.26 bits per heavy atom. The van der Waals surface area contributed by atoms with Gasteiger partial charge in [-0.2, -0.15) is 0 Å². The third kappa shape index (κ3) is 3.91. The molecule has 102 valence electrons. The van der Waals surface area contributed by atoms with E-state index in [1.165, 1.54) is 16.2 Å². The normalized spacial score (nSPS) is 10.7. The van der Waals surface area contributed by atoms with Gasteiger partial charge >= 0.3 is 0 Å². The summed E-state index contributed by atoms with van der Waals surface area (Å²) in [7, 11) is 0. The van der Waals surface area contributed by atoms with E-state index in [4.69, 9.17) is 0 Å². The average molecular weight is 488 g/mol. The molecule has 0 aromatic carbocycles. The molecule has 0 N–H and O–H groups in total. The van der Waals surface area contributed by atoms with Gasteiger partial charge in [-0.3, -0.25) is 4.79 Å². The summed E-state index contributed by atoms with van der Waals surface area (Å²) in [6.07, 6.45) is 0. The zero-order valence-corrected chi connectivity index (χ0v) is 16.3. The number of thiophene rings is 2. The van der Waals surface area contributed by atoms with Crippen LogP contribution in [0, 0.1) is 0 Å². The van der Waals surface area contributed by atoms with Gasteiger partial charge in [0.2, 0.25) is 0 Å². The van der Waals surface area contributed by atoms with Gasteiger partial charge in [-0.05, 0) is 72.9 Å². The molecule has 0 saturated carbocycles. The second-order valence-corrected chi connectivity index (χ2v) is 9.53. The quantitative estimate of drug-likeness (QED) is 0.537. The zero-order valence-electron chi connectivity index (χ0n) is 9.95. The molecule has 0 aliphatic rings. The molecular weight excluding hydrogens is 478 g/mol. The van der Waals surface area contributed by atoms with Gasteiger partial charge in [0.05, 0.1) is 19.0 Å². The van der Waals surface area contributed by atoms with Crippen LogP contribution in [0.4, 0.5) is 0 Å². The van der Waals surface area contributed by atoms with Gasteiger partial charge in [-0.15, -0.1) is 22.7 Å². The summed E-state index contributed by atoms with van der Waals surface area (Å²) >= 11 is 13.4. The molecule has 0 atom stereocenters. The van der Waals surface area contributed by atoms with Crippen LogP contribution in [0.2, 0.25) is 0 Å². The maximum atomic E-state index is 12.4. The first-order valence-corrected chi connectivity index (χ1v) is 9.50. The molecule has 7 heteroatoms. The second-order valence-electron chi connectivity index (χ2n) is 3.76. The minimum absolute atomic E-state index is 0.0726. The van der Waals surface area contributed by atoms with Crippen molar-refractivity contribution in [2.75, 3.05) is 6.54 Å².